The van der Waals surface area contributed by atoms with Gasteiger partial charge in [0, 0.05) is 12.7 Å². The Morgan fingerprint density at radius 2 is 2.00 bits per heavy atom. The van der Waals surface area contributed by atoms with Crippen molar-refractivity contribution < 1.29 is 0 Å². The number of rotatable bonds is 2. The minimum Gasteiger partial charge on any atom is -0.328 e. The lowest BCUT2D eigenvalue weighted by Gasteiger charge is -2.31. The molecule has 1 aromatic heterocycles. The van der Waals surface area contributed by atoms with E-state index in [1.54, 1.807) is 0 Å². The van der Waals surface area contributed by atoms with Crippen LogP contribution in [0.25, 0.3) is 0 Å². The Morgan fingerprint density at radius 3 is 2.47 bits per heavy atom. The standard InChI is InChI=1S/C12H21N3/c1-11-8-14-15(9-11)12(10-13)6-4-2-3-5-7-12/h8-9H,2-7,10,13H2,1H3. The third-order valence-corrected chi connectivity index (χ3v) is 3.61. The van der Waals surface area contributed by atoms with Crippen LogP contribution in [0.1, 0.15) is 44.1 Å². The maximum atomic E-state index is 5.99. The number of aromatic nitrogens is 2. The van der Waals surface area contributed by atoms with E-state index in [1.807, 2.05) is 6.20 Å². The molecule has 1 heterocycles. The van der Waals surface area contributed by atoms with Crippen LogP contribution in [0.4, 0.5) is 0 Å². The fourth-order valence-corrected chi connectivity index (χ4v) is 2.59. The van der Waals surface area contributed by atoms with Crippen LogP contribution < -0.4 is 5.73 Å². The zero-order valence-electron chi connectivity index (χ0n) is 9.58. The average Bonchev–Trinajstić information content (AvgIpc) is 2.56. The smallest absolute Gasteiger partial charge is 0.0749 e. The van der Waals surface area contributed by atoms with Gasteiger partial charge >= 0.3 is 0 Å². The third kappa shape index (κ3) is 2.07. The predicted molar refractivity (Wildman–Crippen MR) is 61.7 cm³/mol. The second-order valence-corrected chi connectivity index (χ2v) is 4.80. The lowest BCUT2D eigenvalue weighted by atomic mass is 9.90. The SMILES string of the molecule is Cc1cnn(C2(CN)CCCCCC2)c1. The highest BCUT2D eigenvalue weighted by Gasteiger charge is 2.31. The first-order valence-corrected chi connectivity index (χ1v) is 5.99. The van der Waals surface area contributed by atoms with Gasteiger partial charge in [0.15, 0.2) is 0 Å². The summed E-state index contributed by atoms with van der Waals surface area (Å²) in [5.41, 5.74) is 7.32. The summed E-state index contributed by atoms with van der Waals surface area (Å²) in [6.07, 6.45) is 11.7. The molecule has 1 aliphatic rings. The minimum absolute atomic E-state index is 0.102. The van der Waals surface area contributed by atoms with E-state index in [4.69, 9.17) is 5.73 Å². The molecule has 3 heteroatoms. The predicted octanol–water partition coefficient (Wildman–Crippen LogP) is 2.20. The highest BCUT2D eigenvalue weighted by molar-refractivity contribution is 5.03. The Hall–Kier alpha value is -0.830. The number of nitrogens with two attached hydrogens (primary N) is 1. The molecule has 2 N–H and O–H groups in total. The van der Waals surface area contributed by atoms with Crippen LogP contribution in [0.2, 0.25) is 0 Å². The maximum Gasteiger partial charge on any atom is 0.0749 e. The Bertz CT molecular complexity index is 308. The Kier molecular flexibility index (Phi) is 3.10. The van der Waals surface area contributed by atoms with Crippen LogP contribution in [-0.4, -0.2) is 16.3 Å². The molecule has 2 rings (SSSR count). The van der Waals surface area contributed by atoms with Crippen LogP contribution in [-0.2, 0) is 5.54 Å². The minimum atomic E-state index is 0.102. The van der Waals surface area contributed by atoms with E-state index in [1.165, 1.54) is 44.1 Å². The molecule has 0 amide bonds. The van der Waals surface area contributed by atoms with Crippen molar-refractivity contribution in [2.24, 2.45) is 5.73 Å². The lowest BCUT2D eigenvalue weighted by molar-refractivity contribution is 0.229. The van der Waals surface area contributed by atoms with E-state index in [9.17, 15) is 0 Å². The normalized spacial score (nSPS) is 21.2. The van der Waals surface area contributed by atoms with Gasteiger partial charge in [0.05, 0.1) is 11.7 Å². The number of nitrogens with zero attached hydrogens (tertiary/aromatic N) is 2. The van der Waals surface area contributed by atoms with Gasteiger partial charge < -0.3 is 5.73 Å². The fraction of sp³-hybridized carbons (Fsp3) is 0.750. The van der Waals surface area contributed by atoms with Crippen molar-refractivity contribution in [1.82, 2.24) is 9.78 Å². The van der Waals surface area contributed by atoms with Crippen LogP contribution in [0.15, 0.2) is 12.4 Å². The van der Waals surface area contributed by atoms with Crippen molar-refractivity contribution in [1.29, 1.82) is 0 Å². The molecule has 0 unspecified atom stereocenters. The van der Waals surface area contributed by atoms with Gasteiger partial charge in [-0.2, -0.15) is 5.10 Å². The fourth-order valence-electron chi connectivity index (χ4n) is 2.59. The first-order chi connectivity index (χ1) is 7.27. The Balaban J connectivity index is 2.26. The molecule has 15 heavy (non-hydrogen) atoms. The first kappa shape index (κ1) is 10.7. The largest absolute Gasteiger partial charge is 0.328 e. The molecule has 0 spiro atoms. The van der Waals surface area contributed by atoms with Crippen molar-refractivity contribution in [2.45, 2.75) is 51.0 Å². The van der Waals surface area contributed by atoms with Crippen molar-refractivity contribution >= 4 is 0 Å². The summed E-state index contributed by atoms with van der Waals surface area (Å²) in [6.45, 7) is 2.80. The average molecular weight is 207 g/mol. The zero-order chi connectivity index (χ0) is 10.7. The van der Waals surface area contributed by atoms with E-state index in [0.29, 0.717) is 6.54 Å². The molecule has 0 aliphatic heterocycles. The zero-order valence-corrected chi connectivity index (χ0v) is 9.58. The van der Waals surface area contributed by atoms with Gasteiger partial charge in [0.1, 0.15) is 0 Å². The molecule has 0 radical (unpaired) electrons. The summed E-state index contributed by atoms with van der Waals surface area (Å²) < 4.78 is 2.12. The van der Waals surface area contributed by atoms with E-state index in [2.05, 4.69) is 22.9 Å². The summed E-state index contributed by atoms with van der Waals surface area (Å²) in [5, 5.41) is 4.46. The monoisotopic (exact) mass is 207 g/mol. The molecule has 0 aromatic carbocycles. The van der Waals surface area contributed by atoms with Crippen LogP contribution in [0, 0.1) is 6.92 Å². The molecule has 0 bridgehead atoms. The summed E-state index contributed by atoms with van der Waals surface area (Å²) in [5.74, 6) is 0. The maximum absolute atomic E-state index is 5.99. The molecule has 84 valence electrons. The molecule has 1 fully saturated rings. The van der Waals surface area contributed by atoms with Gasteiger partial charge in [-0.1, -0.05) is 25.7 Å². The van der Waals surface area contributed by atoms with Crippen molar-refractivity contribution in [2.75, 3.05) is 6.54 Å². The van der Waals surface area contributed by atoms with Crippen LogP contribution in [0.3, 0.4) is 0 Å². The third-order valence-electron chi connectivity index (χ3n) is 3.61. The Labute approximate surface area is 91.7 Å². The van der Waals surface area contributed by atoms with E-state index in [-0.39, 0.29) is 5.54 Å². The summed E-state index contributed by atoms with van der Waals surface area (Å²) in [6, 6.07) is 0. The van der Waals surface area contributed by atoms with E-state index < -0.39 is 0 Å². The quantitative estimate of drug-likeness (QED) is 0.755. The van der Waals surface area contributed by atoms with Crippen molar-refractivity contribution in [3.05, 3.63) is 18.0 Å². The van der Waals surface area contributed by atoms with E-state index >= 15 is 0 Å². The number of hydrogen-bond acceptors (Lipinski definition) is 2. The number of aryl methyl sites for hydroxylation is 1. The van der Waals surface area contributed by atoms with Gasteiger partial charge in [-0.25, -0.2) is 0 Å². The van der Waals surface area contributed by atoms with E-state index in [0.717, 1.165) is 0 Å². The second-order valence-electron chi connectivity index (χ2n) is 4.80. The molecule has 3 nitrogen and oxygen atoms in total. The van der Waals surface area contributed by atoms with Gasteiger partial charge in [-0.3, -0.25) is 4.68 Å². The second kappa shape index (κ2) is 4.35. The van der Waals surface area contributed by atoms with Crippen molar-refractivity contribution in [3.8, 4) is 0 Å². The summed E-state index contributed by atoms with van der Waals surface area (Å²) in [4.78, 5) is 0. The molecule has 1 aromatic rings. The summed E-state index contributed by atoms with van der Waals surface area (Å²) >= 11 is 0. The molecular weight excluding hydrogens is 186 g/mol. The van der Waals surface area contributed by atoms with Crippen molar-refractivity contribution in [3.63, 3.8) is 0 Å². The first-order valence-electron chi connectivity index (χ1n) is 5.99. The van der Waals surface area contributed by atoms with Gasteiger partial charge in [0.25, 0.3) is 0 Å². The molecule has 0 atom stereocenters. The Morgan fingerprint density at radius 1 is 1.33 bits per heavy atom. The topological polar surface area (TPSA) is 43.8 Å². The van der Waals surface area contributed by atoms with Crippen LogP contribution in [0.5, 0.6) is 0 Å². The van der Waals surface area contributed by atoms with Crippen LogP contribution >= 0.6 is 0 Å². The highest BCUT2D eigenvalue weighted by Crippen LogP contribution is 2.32. The molecule has 1 aliphatic carbocycles. The van der Waals surface area contributed by atoms with Gasteiger partial charge in [0.2, 0.25) is 0 Å². The highest BCUT2D eigenvalue weighted by atomic mass is 15.3. The summed E-state index contributed by atoms with van der Waals surface area (Å²) in [7, 11) is 0. The number of hydrogen-bond donors (Lipinski definition) is 1. The lowest BCUT2D eigenvalue weighted by Crippen LogP contribution is -2.41. The molecular formula is C12H21N3. The molecule has 1 saturated carbocycles. The molecule has 0 saturated heterocycles. The van der Waals surface area contributed by atoms with Gasteiger partial charge in [-0.15, -0.1) is 0 Å². The van der Waals surface area contributed by atoms with Gasteiger partial charge in [-0.05, 0) is 25.3 Å².